The zero-order valence-electron chi connectivity index (χ0n) is 14.6. The summed E-state index contributed by atoms with van der Waals surface area (Å²) in [5, 5.41) is 12.1. The lowest BCUT2D eigenvalue weighted by Crippen LogP contribution is -2.46. The Bertz CT molecular complexity index is 683. The van der Waals surface area contributed by atoms with E-state index in [1.54, 1.807) is 0 Å². The molecule has 9 heteroatoms. The highest BCUT2D eigenvalue weighted by Gasteiger charge is 2.22. The number of halogens is 2. The number of anilines is 1. The number of benzene rings is 1. The van der Waals surface area contributed by atoms with Crippen molar-refractivity contribution in [1.29, 1.82) is 0 Å². The fourth-order valence-corrected chi connectivity index (χ4v) is 3.48. The molecule has 1 atom stereocenters. The van der Waals surface area contributed by atoms with Crippen molar-refractivity contribution in [2.45, 2.75) is 32.0 Å². The maximum atomic E-state index is 13.1. The van der Waals surface area contributed by atoms with E-state index in [-0.39, 0.29) is 24.3 Å². The van der Waals surface area contributed by atoms with Crippen LogP contribution in [0.3, 0.4) is 0 Å². The fourth-order valence-electron chi connectivity index (χ4n) is 3.48. The molecule has 26 heavy (non-hydrogen) atoms. The fraction of sp³-hybridized carbons (Fsp3) is 0.588. The predicted molar refractivity (Wildman–Crippen MR) is 97.9 cm³/mol. The van der Waals surface area contributed by atoms with Crippen molar-refractivity contribution in [3.63, 3.8) is 0 Å². The number of piperazine rings is 1. The minimum Gasteiger partial charge on any atom is -0.376 e. The van der Waals surface area contributed by atoms with Gasteiger partial charge in [0.05, 0.1) is 19.2 Å². The van der Waals surface area contributed by atoms with Crippen LogP contribution >= 0.6 is 12.4 Å². The molecule has 1 aromatic carbocycles. The normalized spacial score (nSPS) is 21.0. The summed E-state index contributed by atoms with van der Waals surface area (Å²) in [5.41, 5.74) is 1.07. The van der Waals surface area contributed by atoms with Gasteiger partial charge in [-0.2, -0.15) is 0 Å². The predicted octanol–water partition coefficient (Wildman–Crippen LogP) is 1.74. The van der Waals surface area contributed by atoms with E-state index in [0.29, 0.717) is 0 Å². The lowest BCUT2D eigenvalue weighted by molar-refractivity contribution is 0.0916. The van der Waals surface area contributed by atoms with E-state index in [9.17, 15) is 4.39 Å². The first-order chi connectivity index (χ1) is 12.3. The Morgan fingerprint density at radius 1 is 1.12 bits per heavy atom. The second-order valence-corrected chi connectivity index (χ2v) is 6.65. The van der Waals surface area contributed by atoms with Gasteiger partial charge in [-0.05, 0) is 47.5 Å². The summed E-state index contributed by atoms with van der Waals surface area (Å²) in [6.07, 6.45) is 2.43. The van der Waals surface area contributed by atoms with E-state index in [0.717, 1.165) is 70.2 Å². The monoisotopic (exact) mass is 382 g/mol. The average Bonchev–Trinajstić information content (AvgIpc) is 3.30. The van der Waals surface area contributed by atoms with Crippen molar-refractivity contribution >= 4 is 18.1 Å². The zero-order chi connectivity index (χ0) is 17.1. The van der Waals surface area contributed by atoms with Crippen molar-refractivity contribution in [2.75, 3.05) is 37.7 Å². The smallest absolute Gasteiger partial charge is 0.165 e. The van der Waals surface area contributed by atoms with Crippen LogP contribution in [-0.2, 0) is 17.8 Å². The van der Waals surface area contributed by atoms with E-state index in [1.807, 2.05) is 16.8 Å². The van der Waals surface area contributed by atoms with Crippen LogP contribution in [0, 0.1) is 5.82 Å². The van der Waals surface area contributed by atoms with Crippen LogP contribution in [0.5, 0.6) is 0 Å². The molecule has 7 nitrogen and oxygen atoms in total. The van der Waals surface area contributed by atoms with Gasteiger partial charge in [0.25, 0.3) is 0 Å². The van der Waals surface area contributed by atoms with Gasteiger partial charge in [-0.1, -0.05) is 0 Å². The van der Waals surface area contributed by atoms with Gasteiger partial charge in [-0.15, -0.1) is 17.5 Å². The van der Waals surface area contributed by atoms with E-state index < -0.39 is 0 Å². The van der Waals surface area contributed by atoms with Crippen LogP contribution in [0.2, 0.25) is 0 Å². The molecule has 2 saturated heterocycles. The van der Waals surface area contributed by atoms with E-state index in [4.69, 9.17) is 4.74 Å². The maximum absolute atomic E-state index is 13.1. The second-order valence-electron chi connectivity index (χ2n) is 6.65. The van der Waals surface area contributed by atoms with Crippen LogP contribution < -0.4 is 4.90 Å². The molecule has 0 N–H and O–H groups in total. The van der Waals surface area contributed by atoms with Gasteiger partial charge in [0, 0.05) is 38.5 Å². The Morgan fingerprint density at radius 2 is 1.88 bits per heavy atom. The van der Waals surface area contributed by atoms with Crippen molar-refractivity contribution in [3.8, 4) is 0 Å². The van der Waals surface area contributed by atoms with Gasteiger partial charge in [-0.25, -0.2) is 9.07 Å². The summed E-state index contributed by atoms with van der Waals surface area (Å²) >= 11 is 0. The standard InChI is InChI=1S/C17H23FN6O.ClH/c18-14-3-5-15(6-4-14)23-9-7-22(8-10-23)13-17-19-20-21-24(17)12-16-2-1-11-25-16;/h3-6,16H,1-2,7-13H2;1H. The molecule has 0 aliphatic carbocycles. The molecule has 2 aromatic rings. The van der Waals surface area contributed by atoms with Gasteiger partial charge in [0.1, 0.15) is 5.82 Å². The Labute approximate surface area is 158 Å². The van der Waals surface area contributed by atoms with E-state index in [1.165, 1.54) is 12.1 Å². The quantitative estimate of drug-likeness (QED) is 0.785. The van der Waals surface area contributed by atoms with Gasteiger partial charge < -0.3 is 9.64 Å². The van der Waals surface area contributed by atoms with Gasteiger partial charge >= 0.3 is 0 Å². The number of tetrazole rings is 1. The highest BCUT2D eigenvalue weighted by molar-refractivity contribution is 5.85. The third-order valence-electron chi connectivity index (χ3n) is 4.94. The number of aromatic nitrogens is 4. The van der Waals surface area contributed by atoms with Crippen molar-refractivity contribution in [1.82, 2.24) is 25.1 Å². The zero-order valence-corrected chi connectivity index (χ0v) is 15.4. The third kappa shape index (κ3) is 4.49. The van der Waals surface area contributed by atoms with Crippen molar-refractivity contribution in [3.05, 3.63) is 35.9 Å². The van der Waals surface area contributed by atoms with E-state index in [2.05, 4.69) is 25.3 Å². The molecule has 2 aliphatic rings. The Balaban J connectivity index is 0.00000196. The Kier molecular flexibility index (Phi) is 6.39. The van der Waals surface area contributed by atoms with Gasteiger partial charge in [0.2, 0.25) is 0 Å². The maximum Gasteiger partial charge on any atom is 0.165 e. The topological polar surface area (TPSA) is 59.3 Å². The second kappa shape index (κ2) is 8.75. The Hall–Kier alpha value is -1.77. The molecular weight excluding hydrogens is 359 g/mol. The minimum absolute atomic E-state index is 0. The summed E-state index contributed by atoms with van der Waals surface area (Å²) < 4.78 is 20.6. The summed E-state index contributed by atoms with van der Waals surface area (Å²) in [4.78, 5) is 4.64. The number of ether oxygens (including phenoxy) is 1. The number of hydrogen-bond donors (Lipinski definition) is 0. The highest BCUT2D eigenvalue weighted by atomic mass is 35.5. The molecule has 3 heterocycles. The molecule has 0 spiro atoms. The first-order valence-electron chi connectivity index (χ1n) is 8.87. The number of nitrogens with zero attached hydrogens (tertiary/aromatic N) is 6. The number of hydrogen-bond acceptors (Lipinski definition) is 6. The lowest BCUT2D eigenvalue weighted by Gasteiger charge is -2.35. The van der Waals surface area contributed by atoms with Crippen LogP contribution in [0.15, 0.2) is 24.3 Å². The molecule has 1 aromatic heterocycles. The van der Waals surface area contributed by atoms with Crippen molar-refractivity contribution in [2.24, 2.45) is 0 Å². The highest BCUT2D eigenvalue weighted by Crippen LogP contribution is 2.18. The van der Waals surface area contributed by atoms with Gasteiger partial charge in [0.15, 0.2) is 5.82 Å². The third-order valence-corrected chi connectivity index (χ3v) is 4.94. The summed E-state index contributed by atoms with van der Waals surface area (Å²) in [6.45, 7) is 6.02. The molecule has 0 radical (unpaired) electrons. The molecule has 1 unspecified atom stereocenters. The molecule has 4 rings (SSSR count). The number of rotatable bonds is 5. The summed E-state index contributed by atoms with van der Waals surface area (Å²) in [7, 11) is 0. The summed E-state index contributed by atoms with van der Waals surface area (Å²) in [5.74, 6) is 0.700. The summed E-state index contributed by atoms with van der Waals surface area (Å²) in [6, 6.07) is 6.71. The first kappa shape index (κ1) is 19.0. The molecule has 2 fully saturated rings. The first-order valence-corrected chi connectivity index (χ1v) is 8.87. The molecule has 0 saturated carbocycles. The minimum atomic E-state index is -0.194. The SMILES string of the molecule is Cl.Fc1ccc(N2CCN(Cc3nnnn3CC3CCCO3)CC2)cc1. The molecular formula is C17H24ClFN6O. The van der Waals surface area contributed by atoms with E-state index >= 15 is 0 Å². The average molecular weight is 383 g/mol. The molecule has 0 amide bonds. The van der Waals surface area contributed by atoms with Crippen LogP contribution in [0.1, 0.15) is 18.7 Å². The lowest BCUT2D eigenvalue weighted by atomic mass is 10.2. The molecule has 0 bridgehead atoms. The van der Waals surface area contributed by atoms with Crippen LogP contribution in [0.25, 0.3) is 0 Å². The Morgan fingerprint density at radius 3 is 2.58 bits per heavy atom. The largest absolute Gasteiger partial charge is 0.376 e. The molecule has 2 aliphatic heterocycles. The van der Waals surface area contributed by atoms with Crippen LogP contribution in [-0.4, -0.2) is 64.0 Å². The van der Waals surface area contributed by atoms with Crippen molar-refractivity contribution < 1.29 is 9.13 Å². The van der Waals surface area contributed by atoms with Crippen LogP contribution in [0.4, 0.5) is 10.1 Å². The molecule has 142 valence electrons. The van der Waals surface area contributed by atoms with Gasteiger partial charge in [-0.3, -0.25) is 4.90 Å².